The topological polar surface area (TPSA) is 42.4 Å². The number of amides is 1. The molecule has 0 saturated heterocycles. The minimum atomic E-state index is -0.0322. The van der Waals surface area contributed by atoms with Crippen LogP contribution >= 0.6 is 22.9 Å². The lowest BCUT2D eigenvalue weighted by Crippen LogP contribution is -2.35. The Morgan fingerprint density at radius 3 is 3.00 bits per heavy atom. The number of carbonyl (C=O) groups is 1. The van der Waals surface area contributed by atoms with Crippen LogP contribution in [-0.2, 0) is 4.74 Å². The lowest BCUT2D eigenvalue weighted by Gasteiger charge is -2.20. The Hall–Kier alpha value is -0.650. The Kier molecular flexibility index (Phi) is 5.60. The first-order chi connectivity index (χ1) is 7.29. The highest BCUT2D eigenvalue weighted by atomic mass is 35.5. The predicted molar refractivity (Wildman–Crippen MR) is 60.6 cm³/mol. The van der Waals surface area contributed by atoms with Crippen LogP contribution < -0.4 is 0 Å². The number of ether oxygens (including phenoxy) is 1. The highest BCUT2D eigenvalue weighted by Crippen LogP contribution is 2.09. The van der Waals surface area contributed by atoms with E-state index in [1.165, 1.54) is 11.3 Å². The van der Waals surface area contributed by atoms with Crippen molar-refractivity contribution in [2.45, 2.75) is 0 Å². The molecule has 0 aliphatic heterocycles. The zero-order valence-electron chi connectivity index (χ0n) is 8.48. The van der Waals surface area contributed by atoms with Gasteiger partial charge in [0.25, 0.3) is 5.91 Å². The standard InChI is InChI=1S/C9H13ClN2O2S/c1-14-5-4-12(3-2-10)9(13)8-6-11-7-15-8/h6-7H,2-5H2,1H3. The van der Waals surface area contributed by atoms with Crippen LogP contribution in [0.3, 0.4) is 0 Å². The third-order valence-corrected chi connectivity index (χ3v) is 2.78. The average Bonchev–Trinajstić information content (AvgIpc) is 2.76. The van der Waals surface area contributed by atoms with Crippen LogP contribution in [0, 0.1) is 0 Å². The quantitative estimate of drug-likeness (QED) is 0.716. The second-order valence-electron chi connectivity index (χ2n) is 2.84. The first-order valence-electron chi connectivity index (χ1n) is 4.52. The zero-order valence-corrected chi connectivity index (χ0v) is 10.1. The summed E-state index contributed by atoms with van der Waals surface area (Å²) < 4.78 is 4.94. The summed E-state index contributed by atoms with van der Waals surface area (Å²) in [6.45, 7) is 1.60. The van der Waals surface area contributed by atoms with Crippen LogP contribution in [0.2, 0.25) is 0 Å². The van der Waals surface area contributed by atoms with E-state index < -0.39 is 0 Å². The molecule has 0 spiro atoms. The molecule has 0 aliphatic carbocycles. The third kappa shape index (κ3) is 3.77. The van der Waals surface area contributed by atoms with E-state index in [0.717, 1.165) is 0 Å². The second-order valence-corrected chi connectivity index (χ2v) is 4.10. The fraction of sp³-hybridized carbons (Fsp3) is 0.556. The molecule has 1 aromatic heterocycles. The van der Waals surface area contributed by atoms with Crippen molar-refractivity contribution in [1.29, 1.82) is 0 Å². The number of methoxy groups -OCH3 is 1. The molecule has 4 nitrogen and oxygen atoms in total. The number of aromatic nitrogens is 1. The van der Waals surface area contributed by atoms with Crippen molar-refractivity contribution in [3.05, 3.63) is 16.6 Å². The molecule has 0 radical (unpaired) electrons. The first-order valence-corrected chi connectivity index (χ1v) is 5.93. The average molecular weight is 249 g/mol. The summed E-state index contributed by atoms with van der Waals surface area (Å²) in [5.41, 5.74) is 1.64. The fourth-order valence-corrected chi connectivity index (χ4v) is 1.89. The number of carbonyl (C=O) groups excluding carboxylic acids is 1. The van der Waals surface area contributed by atoms with Crippen LogP contribution in [0.5, 0.6) is 0 Å². The van der Waals surface area contributed by atoms with Crippen molar-refractivity contribution in [2.24, 2.45) is 0 Å². The number of nitrogens with zero attached hydrogens (tertiary/aromatic N) is 2. The van der Waals surface area contributed by atoms with E-state index in [0.29, 0.717) is 30.5 Å². The molecule has 0 bridgehead atoms. The van der Waals surface area contributed by atoms with Gasteiger partial charge in [-0.2, -0.15) is 0 Å². The molecule has 15 heavy (non-hydrogen) atoms. The third-order valence-electron chi connectivity index (χ3n) is 1.85. The Bertz CT molecular complexity index is 292. The van der Waals surface area contributed by atoms with Gasteiger partial charge in [-0.15, -0.1) is 22.9 Å². The lowest BCUT2D eigenvalue weighted by atomic mass is 10.4. The largest absolute Gasteiger partial charge is 0.383 e. The van der Waals surface area contributed by atoms with Crippen LogP contribution in [0.4, 0.5) is 0 Å². The molecule has 84 valence electrons. The Morgan fingerprint density at radius 2 is 2.47 bits per heavy atom. The van der Waals surface area contributed by atoms with Crippen molar-refractivity contribution in [3.63, 3.8) is 0 Å². The zero-order chi connectivity index (χ0) is 11.1. The molecule has 0 unspecified atom stereocenters. The van der Waals surface area contributed by atoms with E-state index >= 15 is 0 Å². The van der Waals surface area contributed by atoms with E-state index in [1.807, 2.05) is 0 Å². The van der Waals surface area contributed by atoms with Gasteiger partial charge in [0.2, 0.25) is 0 Å². The highest BCUT2D eigenvalue weighted by Gasteiger charge is 2.15. The molecule has 1 rings (SSSR count). The van der Waals surface area contributed by atoms with Crippen LogP contribution in [-0.4, -0.2) is 48.5 Å². The molecule has 0 atom stereocenters. The van der Waals surface area contributed by atoms with Gasteiger partial charge < -0.3 is 9.64 Å². The molecule has 1 aromatic rings. The maximum Gasteiger partial charge on any atom is 0.265 e. The minimum absolute atomic E-state index is 0.0322. The summed E-state index contributed by atoms with van der Waals surface area (Å²) in [6, 6.07) is 0. The molecule has 1 heterocycles. The summed E-state index contributed by atoms with van der Waals surface area (Å²) in [7, 11) is 1.61. The number of hydrogen-bond donors (Lipinski definition) is 0. The van der Waals surface area contributed by atoms with Crippen LogP contribution in [0.15, 0.2) is 11.7 Å². The molecule has 0 aromatic carbocycles. The van der Waals surface area contributed by atoms with E-state index in [4.69, 9.17) is 16.3 Å². The van der Waals surface area contributed by atoms with E-state index in [-0.39, 0.29) is 5.91 Å². The highest BCUT2D eigenvalue weighted by molar-refractivity contribution is 7.11. The number of halogens is 1. The second kappa shape index (κ2) is 6.76. The summed E-state index contributed by atoms with van der Waals surface area (Å²) in [6.07, 6.45) is 1.57. The van der Waals surface area contributed by atoms with Gasteiger partial charge in [0, 0.05) is 26.1 Å². The molecule has 0 saturated carbocycles. The van der Waals surface area contributed by atoms with Gasteiger partial charge in [0.15, 0.2) is 0 Å². The van der Waals surface area contributed by atoms with Crippen LogP contribution in [0.1, 0.15) is 9.67 Å². The van der Waals surface area contributed by atoms with Gasteiger partial charge in [-0.05, 0) is 0 Å². The molecule has 0 aliphatic rings. The van der Waals surface area contributed by atoms with E-state index in [2.05, 4.69) is 4.98 Å². The van der Waals surface area contributed by atoms with Gasteiger partial charge in [0.05, 0.1) is 18.3 Å². The minimum Gasteiger partial charge on any atom is -0.383 e. The molecular weight excluding hydrogens is 236 g/mol. The fourth-order valence-electron chi connectivity index (χ4n) is 1.10. The SMILES string of the molecule is COCCN(CCCl)C(=O)c1cncs1. The van der Waals surface area contributed by atoms with E-state index in [9.17, 15) is 4.79 Å². The smallest absolute Gasteiger partial charge is 0.265 e. The normalized spacial score (nSPS) is 10.3. The predicted octanol–water partition coefficient (Wildman–Crippen LogP) is 1.47. The number of rotatable bonds is 6. The summed E-state index contributed by atoms with van der Waals surface area (Å²) in [5, 5.41) is 0. The lowest BCUT2D eigenvalue weighted by molar-refractivity contribution is 0.0712. The summed E-state index contributed by atoms with van der Waals surface area (Å²) in [5.74, 6) is 0.393. The Balaban J connectivity index is 2.58. The van der Waals surface area contributed by atoms with Crippen molar-refractivity contribution < 1.29 is 9.53 Å². The van der Waals surface area contributed by atoms with Gasteiger partial charge >= 0.3 is 0 Å². The molecular formula is C9H13ClN2O2S. The van der Waals surface area contributed by atoms with Gasteiger partial charge in [-0.1, -0.05) is 0 Å². The maximum atomic E-state index is 11.9. The maximum absolute atomic E-state index is 11.9. The Morgan fingerprint density at radius 1 is 1.67 bits per heavy atom. The van der Waals surface area contributed by atoms with E-state index in [1.54, 1.807) is 23.7 Å². The van der Waals surface area contributed by atoms with Crippen LogP contribution in [0.25, 0.3) is 0 Å². The monoisotopic (exact) mass is 248 g/mol. The van der Waals surface area contributed by atoms with Gasteiger partial charge in [-0.3, -0.25) is 9.78 Å². The molecule has 0 fully saturated rings. The first kappa shape index (κ1) is 12.4. The summed E-state index contributed by atoms with van der Waals surface area (Å²) in [4.78, 5) is 18.1. The molecule has 6 heteroatoms. The number of thiazole rings is 1. The molecule has 1 amide bonds. The number of alkyl halides is 1. The number of hydrogen-bond acceptors (Lipinski definition) is 4. The van der Waals surface area contributed by atoms with Crippen molar-refractivity contribution in [3.8, 4) is 0 Å². The van der Waals surface area contributed by atoms with Gasteiger partial charge in [-0.25, -0.2) is 0 Å². The molecule has 0 N–H and O–H groups in total. The van der Waals surface area contributed by atoms with Crippen molar-refractivity contribution in [1.82, 2.24) is 9.88 Å². The Labute approximate surface area is 97.8 Å². The van der Waals surface area contributed by atoms with Crippen molar-refractivity contribution >= 4 is 28.8 Å². The van der Waals surface area contributed by atoms with Crippen molar-refractivity contribution in [2.75, 3.05) is 32.7 Å². The van der Waals surface area contributed by atoms with Gasteiger partial charge in [0.1, 0.15) is 4.88 Å². The summed E-state index contributed by atoms with van der Waals surface area (Å²) >= 11 is 6.97.